The van der Waals surface area contributed by atoms with Gasteiger partial charge in [0.05, 0.1) is 5.69 Å². The Bertz CT molecular complexity index is 329. The first-order valence-electron chi connectivity index (χ1n) is 3.26. The van der Waals surface area contributed by atoms with Crippen LogP contribution in [0.2, 0.25) is 5.15 Å². The summed E-state index contributed by atoms with van der Waals surface area (Å²) in [6, 6.07) is 3.48. The molecule has 0 saturated carbocycles. The third kappa shape index (κ3) is 1.63. The number of anilines is 1. The second kappa shape index (κ2) is 3.37. The summed E-state index contributed by atoms with van der Waals surface area (Å²) in [4.78, 5) is 1.78. The second-order valence-electron chi connectivity index (χ2n) is 2.41. The molecule has 1 rings (SSSR count). The molecule has 12 heavy (non-hydrogen) atoms. The zero-order chi connectivity index (χ0) is 9.14. The Morgan fingerprint density at radius 3 is 2.67 bits per heavy atom. The van der Waals surface area contributed by atoms with Gasteiger partial charge in [0.15, 0.2) is 10.8 Å². The molecule has 0 spiro atoms. The summed E-state index contributed by atoms with van der Waals surface area (Å²) in [6.07, 6.45) is 0. The van der Waals surface area contributed by atoms with Crippen molar-refractivity contribution in [2.45, 2.75) is 0 Å². The molecule has 5 heteroatoms. The van der Waals surface area contributed by atoms with E-state index in [-0.39, 0.29) is 5.69 Å². The van der Waals surface area contributed by atoms with E-state index < -0.39 is 0 Å². The number of aromatic nitrogens is 2. The highest BCUT2D eigenvalue weighted by molar-refractivity contribution is 6.31. The van der Waals surface area contributed by atoms with Crippen molar-refractivity contribution >= 4 is 17.3 Å². The van der Waals surface area contributed by atoms with Gasteiger partial charge in [-0.25, -0.2) is 0 Å². The fourth-order valence-corrected chi connectivity index (χ4v) is 0.997. The third-order valence-electron chi connectivity index (χ3n) is 1.33. The molecule has 4 nitrogen and oxygen atoms in total. The van der Waals surface area contributed by atoms with Crippen molar-refractivity contribution in [3.63, 3.8) is 0 Å². The fourth-order valence-electron chi connectivity index (χ4n) is 0.735. The van der Waals surface area contributed by atoms with Crippen LogP contribution in [0.15, 0.2) is 6.07 Å². The highest BCUT2D eigenvalue weighted by Crippen LogP contribution is 2.20. The molecule has 0 saturated heterocycles. The average molecular weight is 183 g/mol. The van der Waals surface area contributed by atoms with E-state index in [0.717, 1.165) is 0 Å². The largest absolute Gasteiger partial charge is 0.375 e. The first kappa shape index (κ1) is 8.75. The quantitative estimate of drug-likeness (QED) is 0.652. The second-order valence-corrected chi connectivity index (χ2v) is 2.77. The molecule has 1 aromatic heterocycles. The van der Waals surface area contributed by atoms with E-state index >= 15 is 0 Å². The number of rotatable bonds is 1. The highest BCUT2D eigenvalue weighted by Gasteiger charge is 2.05. The fraction of sp³-hybridized carbons (Fsp3) is 0.286. The average Bonchev–Trinajstić information content (AvgIpc) is 2.05. The van der Waals surface area contributed by atoms with Crippen LogP contribution in [-0.4, -0.2) is 24.3 Å². The van der Waals surface area contributed by atoms with Crippen LogP contribution >= 0.6 is 11.6 Å². The summed E-state index contributed by atoms with van der Waals surface area (Å²) >= 11 is 5.72. The molecular weight excluding hydrogens is 176 g/mol. The van der Waals surface area contributed by atoms with Gasteiger partial charge in [-0.05, 0) is 0 Å². The molecular formula is C7H7ClN4. The molecule has 1 heterocycles. The standard InChI is InChI=1S/C7H7ClN4/c1-12(2)6-3-5(4-9)10-11-7(6)8/h3H,1-2H3. The number of hydrogen-bond donors (Lipinski definition) is 0. The van der Waals surface area contributed by atoms with Crippen LogP contribution in [0.4, 0.5) is 5.69 Å². The molecule has 0 unspecified atom stereocenters. The zero-order valence-electron chi connectivity index (χ0n) is 6.74. The van der Waals surface area contributed by atoms with E-state index in [4.69, 9.17) is 16.9 Å². The van der Waals surface area contributed by atoms with Gasteiger partial charge in [-0.1, -0.05) is 11.6 Å². The maximum Gasteiger partial charge on any atom is 0.175 e. The van der Waals surface area contributed by atoms with Crippen LogP contribution in [0.1, 0.15) is 5.69 Å². The predicted octanol–water partition coefficient (Wildman–Crippen LogP) is 1.07. The van der Waals surface area contributed by atoms with Gasteiger partial charge in [0.25, 0.3) is 0 Å². The van der Waals surface area contributed by atoms with Crippen molar-refractivity contribution in [1.29, 1.82) is 5.26 Å². The van der Waals surface area contributed by atoms with Crippen molar-refractivity contribution in [3.8, 4) is 6.07 Å². The van der Waals surface area contributed by atoms with Gasteiger partial charge < -0.3 is 4.90 Å². The summed E-state index contributed by atoms with van der Waals surface area (Å²) in [5, 5.41) is 16.0. The maximum atomic E-state index is 8.52. The highest BCUT2D eigenvalue weighted by atomic mass is 35.5. The Morgan fingerprint density at radius 1 is 1.50 bits per heavy atom. The minimum absolute atomic E-state index is 0.267. The van der Waals surface area contributed by atoms with Gasteiger partial charge in [0, 0.05) is 20.2 Å². The Balaban J connectivity index is 3.19. The van der Waals surface area contributed by atoms with E-state index in [2.05, 4.69) is 10.2 Å². The molecule has 0 aliphatic heterocycles. The van der Waals surface area contributed by atoms with Crippen molar-refractivity contribution in [2.75, 3.05) is 19.0 Å². The lowest BCUT2D eigenvalue weighted by atomic mass is 10.3. The number of nitriles is 1. The minimum Gasteiger partial charge on any atom is -0.375 e. The van der Waals surface area contributed by atoms with Crippen LogP contribution in [0, 0.1) is 11.3 Å². The number of hydrogen-bond acceptors (Lipinski definition) is 4. The molecule has 0 bridgehead atoms. The lowest BCUT2D eigenvalue weighted by Crippen LogP contribution is -2.10. The van der Waals surface area contributed by atoms with E-state index in [0.29, 0.717) is 10.8 Å². The van der Waals surface area contributed by atoms with Gasteiger partial charge in [-0.15, -0.1) is 10.2 Å². The molecule has 0 aromatic carbocycles. The van der Waals surface area contributed by atoms with Gasteiger partial charge >= 0.3 is 0 Å². The van der Waals surface area contributed by atoms with E-state index in [1.165, 1.54) is 0 Å². The summed E-state index contributed by atoms with van der Waals surface area (Å²) < 4.78 is 0. The monoisotopic (exact) mass is 182 g/mol. The lowest BCUT2D eigenvalue weighted by Gasteiger charge is -2.12. The molecule has 0 atom stereocenters. The number of nitrogens with zero attached hydrogens (tertiary/aromatic N) is 4. The Hall–Kier alpha value is -1.34. The predicted molar refractivity (Wildman–Crippen MR) is 46.1 cm³/mol. The maximum absolute atomic E-state index is 8.52. The Labute approximate surface area is 75.4 Å². The molecule has 0 aliphatic rings. The lowest BCUT2D eigenvalue weighted by molar-refractivity contribution is 0.986. The van der Waals surface area contributed by atoms with E-state index in [1.807, 2.05) is 20.2 Å². The first-order valence-corrected chi connectivity index (χ1v) is 3.63. The summed E-state index contributed by atoms with van der Waals surface area (Å²) in [5.41, 5.74) is 0.964. The topological polar surface area (TPSA) is 52.8 Å². The molecule has 0 amide bonds. The molecule has 0 aliphatic carbocycles. The Kier molecular flexibility index (Phi) is 2.46. The third-order valence-corrected chi connectivity index (χ3v) is 1.60. The van der Waals surface area contributed by atoms with Crippen LogP contribution in [0.25, 0.3) is 0 Å². The van der Waals surface area contributed by atoms with Crippen molar-refractivity contribution < 1.29 is 0 Å². The molecule has 0 radical (unpaired) electrons. The van der Waals surface area contributed by atoms with Crippen LogP contribution in [0.5, 0.6) is 0 Å². The first-order chi connectivity index (χ1) is 5.65. The van der Waals surface area contributed by atoms with Crippen molar-refractivity contribution in [3.05, 3.63) is 16.9 Å². The van der Waals surface area contributed by atoms with Gasteiger partial charge in [0.2, 0.25) is 0 Å². The smallest absolute Gasteiger partial charge is 0.175 e. The van der Waals surface area contributed by atoms with Crippen LogP contribution in [0.3, 0.4) is 0 Å². The molecule has 0 fully saturated rings. The normalized spacial score (nSPS) is 9.17. The summed E-state index contributed by atoms with van der Waals surface area (Å²) in [5.74, 6) is 0. The zero-order valence-corrected chi connectivity index (χ0v) is 7.50. The SMILES string of the molecule is CN(C)c1cc(C#N)nnc1Cl. The van der Waals surface area contributed by atoms with Gasteiger partial charge in [-0.3, -0.25) is 0 Å². The molecule has 62 valence electrons. The van der Waals surface area contributed by atoms with Crippen LogP contribution < -0.4 is 4.90 Å². The molecule has 0 N–H and O–H groups in total. The van der Waals surface area contributed by atoms with E-state index in [9.17, 15) is 0 Å². The van der Waals surface area contributed by atoms with Crippen LogP contribution in [-0.2, 0) is 0 Å². The van der Waals surface area contributed by atoms with Gasteiger partial charge in [-0.2, -0.15) is 5.26 Å². The Morgan fingerprint density at radius 2 is 2.17 bits per heavy atom. The van der Waals surface area contributed by atoms with Crippen molar-refractivity contribution in [1.82, 2.24) is 10.2 Å². The number of halogens is 1. The van der Waals surface area contributed by atoms with Gasteiger partial charge in [0.1, 0.15) is 6.07 Å². The van der Waals surface area contributed by atoms with E-state index in [1.54, 1.807) is 11.0 Å². The van der Waals surface area contributed by atoms with Crippen molar-refractivity contribution in [2.24, 2.45) is 0 Å². The molecule has 1 aromatic rings. The minimum atomic E-state index is 0.267. The summed E-state index contributed by atoms with van der Waals surface area (Å²) in [6.45, 7) is 0. The summed E-state index contributed by atoms with van der Waals surface area (Å²) in [7, 11) is 3.65.